The van der Waals surface area contributed by atoms with E-state index >= 15 is 0 Å². The molecule has 3 heteroatoms. The summed E-state index contributed by atoms with van der Waals surface area (Å²) in [5.74, 6) is 1.03. The van der Waals surface area contributed by atoms with Gasteiger partial charge in [-0.3, -0.25) is 9.97 Å². The smallest absolute Gasteiger partial charge is 0.138 e. The third-order valence-electron chi connectivity index (χ3n) is 6.70. The van der Waals surface area contributed by atoms with E-state index < -0.39 is 0 Å². The fourth-order valence-corrected chi connectivity index (χ4v) is 5.19. The summed E-state index contributed by atoms with van der Waals surface area (Å²) in [6, 6.07) is 27.7. The van der Waals surface area contributed by atoms with Crippen LogP contribution in [-0.2, 0) is 12.8 Å². The molecule has 0 aliphatic heterocycles. The molecule has 0 radical (unpaired) electrons. The van der Waals surface area contributed by atoms with Gasteiger partial charge >= 0.3 is 0 Å². The predicted molar refractivity (Wildman–Crippen MR) is 133 cm³/mol. The zero-order valence-corrected chi connectivity index (χ0v) is 18.0. The normalized spacial score (nSPS) is 12.6. The highest BCUT2D eigenvalue weighted by Gasteiger charge is 2.26. The summed E-state index contributed by atoms with van der Waals surface area (Å²) in [6.45, 7) is 0. The van der Waals surface area contributed by atoms with Gasteiger partial charge in [-0.25, -0.2) is 0 Å². The summed E-state index contributed by atoms with van der Waals surface area (Å²) in [6.07, 6.45) is 7.57. The van der Waals surface area contributed by atoms with E-state index in [1.807, 2.05) is 24.7 Å². The van der Waals surface area contributed by atoms with Crippen LogP contribution in [0.15, 0.2) is 102 Å². The second-order valence-corrected chi connectivity index (χ2v) is 8.58. The number of rotatable bonds is 2. The van der Waals surface area contributed by atoms with Gasteiger partial charge in [0.2, 0.25) is 0 Å². The van der Waals surface area contributed by atoms with Crippen LogP contribution in [0.3, 0.4) is 0 Å². The minimum absolute atomic E-state index is 0.885. The van der Waals surface area contributed by atoms with Crippen molar-refractivity contribution in [3.63, 3.8) is 0 Å². The van der Waals surface area contributed by atoms with Crippen LogP contribution in [0.4, 0.5) is 0 Å². The SMILES string of the molecule is c1ccc(-c2cc(-c3nccc4oc5c(c34)-c3cnccc3CC5)cc3ccccc23)cc1. The zero-order valence-electron chi connectivity index (χ0n) is 18.0. The lowest BCUT2D eigenvalue weighted by atomic mass is 9.88. The Morgan fingerprint density at radius 3 is 2.55 bits per heavy atom. The fraction of sp³-hybridized carbons (Fsp3) is 0.0667. The molecule has 3 nitrogen and oxygen atoms in total. The van der Waals surface area contributed by atoms with Gasteiger partial charge in [0.05, 0.1) is 11.1 Å². The molecule has 1 aliphatic carbocycles. The monoisotopic (exact) mass is 424 g/mol. The van der Waals surface area contributed by atoms with Crippen LogP contribution >= 0.6 is 0 Å². The molecular formula is C30H20N2O. The Balaban J connectivity index is 1.55. The Morgan fingerprint density at radius 1 is 0.727 bits per heavy atom. The van der Waals surface area contributed by atoms with Gasteiger partial charge in [0, 0.05) is 41.7 Å². The van der Waals surface area contributed by atoms with Crippen LogP contribution in [0, 0.1) is 0 Å². The van der Waals surface area contributed by atoms with Crippen molar-refractivity contribution in [1.29, 1.82) is 0 Å². The molecule has 0 atom stereocenters. The number of benzene rings is 3. The molecule has 6 aromatic rings. The summed E-state index contributed by atoms with van der Waals surface area (Å²) in [7, 11) is 0. The topological polar surface area (TPSA) is 38.9 Å². The third kappa shape index (κ3) is 2.82. The number of pyridine rings is 2. The van der Waals surface area contributed by atoms with Gasteiger partial charge in [-0.15, -0.1) is 0 Å². The van der Waals surface area contributed by atoms with Crippen LogP contribution < -0.4 is 0 Å². The highest BCUT2D eigenvalue weighted by molar-refractivity contribution is 6.07. The molecule has 0 bridgehead atoms. The highest BCUT2D eigenvalue weighted by Crippen LogP contribution is 2.44. The van der Waals surface area contributed by atoms with E-state index in [0.717, 1.165) is 52.0 Å². The number of furan rings is 1. The van der Waals surface area contributed by atoms with Gasteiger partial charge in [0.15, 0.2) is 0 Å². The van der Waals surface area contributed by atoms with Gasteiger partial charge in [-0.1, -0.05) is 54.6 Å². The van der Waals surface area contributed by atoms with Gasteiger partial charge in [0.25, 0.3) is 0 Å². The third-order valence-corrected chi connectivity index (χ3v) is 6.70. The summed E-state index contributed by atoms with van der Waals surface area (Å²) < 4.78 is 6.34. The van der Waals surface area contributed by atoms with Gasteiger partial charge in [-0.2, -0.15) is 0 Å². The summed E-state index contributed by atoms with van der Waals surface area (Å²) in [5.41, 5.74) is 8.98. The first kappa shape index (κ1) is 18.3. The molecule has 0 saturated heterocycles. The van der Waals surface area contributed by atoms with E-state index in [9.17, 15) is 0 Å². The average Bonchev–Trinajstić information content (AvgIpc) is 3.28. The van der Waals surface area contributed by atoms with Crippen LogP contribution in [-0.4, -0.2) is 9.97 Å². The second-order valence-electron chi connectivity index (χ2n) is 8.58. The molecule has 0 amide bonds. The van der Waals surface area contributed by atoms with Crippen LogP contribution in [0.25, 0.3) is 55.3 Å². The van der Waals surface area contributed by atoms with Crippen LogP contribution in [0.1, 0.15) is 11.3 Å². The predicted octanol–water partition coefficient (Wildman–Crippen LogP) is 7.48. The van der Waals surface area contributed by atoms with Crippen molar-refractivity contribution in [3.8, 4) is 33.5 Å². The standard InChI is InChI=1S/C30H20N2O/c1-2-6-19(7-3-1)24-17-22(16-21-8-4-5-9-23(21)24)30-29-27(13-15-32-30)33-26-11-10-20-12-14-31-18-25(20)28(26)29/h1-9,12-18H,10-11H2. The Kier molecular flexibility index (Phi) is 3.97. The first-order chi connectivity index (χ1) is 16.4. The summed E-state index contributed by atoms with van der Waals surface area (Å²) >= 11 is 0. The Hall–Kier alpha value is -4.24. The molecule has 1 aliphatic rings. The number of fused-ring (bicyclic) bond motifs is 6. The lowest BCUT2D eigenvalue weighted by Gasteiger charge is -2.16. The zero-order chi connectivity index (χ0) is 21.8. The van der Waals surface area contributed by atoms with Crippen molar-refractivity contribution in [2.45, 2.75) is 12.8 Å². The first-order valence-corrected chi connectivity index (χ1v) is 11.3. The van der Waals surface area contributed by atoms with E-state index in [0.29, 0.717) is 0 Å². The maximum Gasteiger partial charge on any atom is 0.138 e. The molecular weight excluding hydrogens is 404 g/mol. The quantitative estimate of drug-likeness (QED) is 0.289. The van der Waals surface area contributed by atoms with Gasteiger partial charge in [0.1, 0.15) is 11.3 Å². The van der Waals surface area contributed by atoms with Crippen molar-refractivity contribution < 1.29 is 4.42 Å². The van der Waals surface area contributed by atoms with Crippen molar-refractivity contribution >= 4 is 21.7 Å². The molecule has 3 aromatic carbocycles. The Morgan fingerprint density at radius 2 is 1.61 bits per heavy atom. The fourth-order valence-electron chi connectivity index (χ4n) is 5.19. The van der Waals surface area contributed by atoms with E-state index in [1.54, 1.807) is 0 Å². The largest absolute Gasteiger partial charge is 0.460 e. The van der Waals surface area contributed by atoms with Crippen molar-refractivity contribution in [2.75, 3.05) is 0 Å². The molecule has 3 heterocycles. The highest BCUT2D eigenvalue weighted by atomic mass is 16.3. The number of hydrogen-bond donors (Lipinski definition) is 0. The number of hydrogen-bond acceptors (Lipinski definition) is 3. The molecule has 7 rings (SSSR count). The van der Waals surface area contributed by atoms with Crippen LogP contribution in [0.2, 0.25) is 0 Å². The number of nitrogens with zero attached hydrogens (tertiary/aromatic N) is 2. The lowest BCUT2D eigenvalue weighted by molar-refractivity contribution is 0.545. The lowest BCUT2D eigenvalue weighted by Crippen LogP contribution is -2.02. The number of aromatic nitrogens is 2. The molecule has 0 fully saturated rings. The molecule has 3 aromatic heterocycles. The number of aryl methyl sites for hydroxylation is 2. The maximum absolute atomic E-state index is 6.34. The van der Waals surface area contributed by atoms with Crippen molar-refractivity contribution in [1.82, 2.24) is 9.97 Å². The minimum Gasteiger partial charge on any atom is -0.460 e. The van der Waals surface area contributed by atoms with Crippen molar-refractivity contribution in [3.05, 3.63) is 109 Å². The first-order valence-electron chi connectivity index (χ1n) is 11.3. The second kappa shape index (κ2) is 7.14. The Labute approximate surface area is 191 Å². The molecule has 33 heavy (non-hydrogen) atoms. The molecule has 0 N–H and O–H groups in total. The van der Waals surface area contributed by atoms with Gasteiger partial charge in [-0.05, 0) is 58.1 Å². The van der Waals surface area contributed by atoms with E-state index in [-0.39, 0.29) is 0 Å². The van der Waals surface area contributed by atoms with E-state index in [2.05, 4.69) is 77.8 Å². The van der Waals surface area contributed by atoms with Crippen molar-refractivity contribution in [2.24, 2.45) is 0 Å². The minimum atomic E-state index is 0.885. The average molecular weight is 425 g/mol. The van der Waals surface area contributed by atoms with E-state index in [1.165, 1.54) is 27.5 Å². The maximum atomic E-state index is 6.34. The molecule has 156 valence electrons. The summed E-state index contributed by atoms with van der Waals surface area (Å²) in [4.78, 5) is 9.31. The van der Waals surface area contributed by atoms with Crippen LogP contribution in [0.5, 0.6) is 0 Å². The van der Waals surface area contributed by atoms with E-state index in [4.69, 9.17) is 9.40 Å². The Bertz CT molecular complexity index is 1660. The summed E-state index contributed by atoms with van der Waals surface area (Å²) in [5, 5.41) is 3.52. The molecule has 0 spiro atoms. The molecule has 0 saturated carbocycles. The molecule has 0 unspecified atom stereocenters. The van der Waals surface area contributed by atoms with Gasteiger partial charge < -0.3 is 4.42 Å².